The lowest BCUT2D eigenvalue weighted by molar-refractivity contribution is -0.133. The molecule has 0 aromatic carbocycles. The van der Waals surface area contributed by atoms with E-state index in [-0.39, 0.29) is 23.5 Å². The van der Waals surface area contributed by atoms with Gasteiger partial charge in [0, 0.05) is 6.54 Å². The molecule has 6 heteroatoms. The standard InChI is InChI=1S/C14H17N3O2S/c1-9(2)7-15-12(18)8-17-13(19)10-5-3-4-6-11(10)16-14(17)20/h3-6,9-10H,7-8H2,1-2H3,(H,15,18). The Morgan fingerprint density at radius 2 is 2.25 bits per heavy atom. The zero-order valence-corrected chi connectivity index (χ0v) is 12.3. The molecular formula is C14H17N3O2S. The van der Waals surface area contributed by atoms with Crippen molar-refractivity contribution in [1.29, 1.82) is 0 Å². The second-order valence-electron chi connectivity index (χ2n) is 5.16. The first kappa shape index (κ1) is 14.6. The van der Waals surface area contributed by atoms with Gasteiger partial charge in [0.2, 0.25) is 16.9 Å². The summed E-state index contributed by atoms with van der Waals surface area (Å²) >= 11 is 5.11. The van der Waals surface area contributed by atoms with E-state index in [1.165, 1.54) is 4.90 Å². The van der Waals surface area contributed by atoms with Crippen LogP contribution >= 0.6 is 12.2 Å². The van der Waals surface area contributed by atoms with Crippen LogP contribution in [0.3, 0.4) is 0 Å². The molecule has 0 bridgehead atoms. The Morgan fingerprint density at radius 3 is 2.95 bits per heavy atom. The fraction of sp³-hybridized carbons (Fsp3) is 0.429. The third-order valence-corrected chi connectivity index (χ3v) is 3.31. The highest BCUT2D eigenvalue weighted by atomic mass is 32.1. The van der Waals surface area contributed by atoms with Crippen LogP contribution in [-0.4, -0.2) is 40.6 Å². The molecular weight excluding hydrogens is 274 g/mol. The van der Waals surface area contributed by atoms with Crippen LogP contribution in [0.2, 0.25) is 0 Å². The molecule has 0 saturated carbocycles. The smallest absolute Gasteiger partial charge is 0.242 e. The van der Waals surface area contributed by atoms with Crippen molar-refractivity contribution in [2.75, 3.05) is 13.1 Å². The number of allylic oxidation sites excluding steroid dienone is 3. The monoisotopic (exact) mass is 291 g/mol. The summed E-state index contributed by atoms with van der Waals surface area (Å²) in [5.74, 6) is -0.479. The molecule has 2 rings (SSSR count). The van der Waals surface area contributed by atoms with Gasteiger partial charge in [-0.3, -0.25) is 14.5 Å². The van der Waals surface area contributed by atoms with Crippen LogP contribution < -0.4 is 5.32 Å². The molecule has 0 radical (unpaired) electrons. The molecule has 1 unspecified atom stereocenters. The first-order valence-electron chi connectivity index (χ1n) is 6.54. The minimum absolute atomic E-state index is 0.0742. The number of hydrogen-bond acceptors (Lipinski definition) is 3. The summed E-state index contributed by atoms with van der Waals surface area (Å²) in [6, 6.07) is 0. The average Bonchev–Trinajstić information content (AvgIpc) is 2.41. The van der Waals surface area contributed by atoms with E-state index in [0.29, 0.717) is 18.2 Å². The molecule has 0 aromatic rings. The quantitative estimate of drug-likeness (QED) is 0.788. The third-order valence-electron chi connectivity index (χ3n) is 3.00. The normalized spacial score (nSPS) is 21.1. The average molecular weight is 291 g/mol. The zero-order chi connectivity index (χ0) is 14.7. The highest BCUT2D eigenvalue weighted by Crippen LogP contribution is 2.19. The Hall–Kier alpha value is -1.82. The minimum atomic E-state index is -0.426. The van der Waals surface area contributed by atoms with Gasteiger partial charge in [-0.1, -0.05) is 32.1 Å². The van der Waals surface area contributed by atoms with Gasteiger partial charge in [-0.15, -0.1) is 0 Å². The number of thiocarbonyl (C=S) groups is 1. The van der Waals surface area contributed by atoms with Gasteiger partial charge < -0.3 is 5.32 Å². The van der Waals surface area contributed by atoms with Gasteiger partial charge >= 0.3 is 0 Å². The predicted molar refractivity (Wildman–Crippen MR) is 81.4 cm³/mol. The fourth-order valence-electron chi connectivity index (χ4n) is 1.94. The Kier molecular flexibility index (Phi) is 4.44. The molecule has 106 valence electrons. The van der Waals surface area contributed by atoms with Crippen LogP contribution in [0, 0.1) is 11.8 Å². The molecule has 1 heterocycles. The van der Waals surface area contributed by atoms with Crippen LogP contribution in [0.25, 0.3) is 0 Å². The molecule has 1 N–H and O–H groups in total. The Morgan fingerprint density at radius 1 is 1.50 bits per heavy atom. The molecule has 1 aliphatic heterocycles. The number of carbonyl (C=O) groups is 2. The maximum atomic E-state index is 12.3. The van der Waals surface area contributed by atoms with Crippen molar-refractivity contribution in [2.24, 2.45) is 16.8 Å². The van der Waals surface area contributed by atoms with Crippen molar-refractivity contribution >= 4 is 34.9 Å². The van der Waals surface area contributed by atoms with Gasteiger partial charge in [0.1, 0.15) is 6.54 Å². The summed E-state index contributed by atoms with van der Waals surface area (Å²) in [5.41, 5.74) is 0.640. The number of aliphatic imine (C=N–C) groups is 1. The van der Waals surface area contributed by atoms with Crippen molar-refractivity contribution in [3.05, 3.63) is 24.3 Å². The number of amides is 2. The van der Waals surface area contributed by atoms with E-state index in [4.69, 9.17) is 12.2 Å². The largest absolute Gasteiger partial charge is 0.354 e. The van der Waals surface area contributed by atoms with E-state index in [1.807, 2.05) is 19.9 Å². The van der Waals surface area contributed by atoms with Crippen LogP contribution in [-0.2, 0) is 9.59 Å². The number of rotatable bonds is 4. The van der Waals surface area contributed by atoms with Gasteiger partial charge in [-0.2, -0.15) is 0 Å². The molecule has 0 fully saturated rings. The zero-order valence-electron chi connectivity index (χ0n) is 11.5. The van der Waals surface area contributed by atoms with E-state index >= 15 is 0 Å². The summed E-state index contributed by atoms with van der Waals surface area (Å²) in [7, 11) is 0. The molecule has 0 saturated heterocycles. The van der Waals surface area contributed by atoms with Crippen molar-refractivity contribution in [3.8, 4) is 0 Å². The SMILES string of the molecule is CC(C)CNC(=O)CN1C(=O)C2C=CC=CC2=NC1=S. The van der Waals surface area contributed by atoms with Crippen LogP contribution in [0.5, 0.6) is 0 Å². The van der Waals surface area contributed by atoms with Crippen molar-refractivity contribution < 1.29 is 9.59 Å². The number of nitrogens with one attached hydrogen (secondary N) is 1. The molecule has 2 amide bonds. The fourth-order valence-corrected chi connectivity index (χ4v) is 2.20. The van der Waals surface area contributed by atoms with Gasteiger partial charge in [-0.25, -0.2) is 4.99 Å². The maximum absolute atomic E-state index is 12.3. The van der Waals surface area contributed by atoms with Gasteiger partial charge in [0.05, 0.1) is 11.6 Å². The minimum Gasteiger partial charge on any atom is -0.354 e. The third kappa shape index (κ3) is 3.19. The first-order chi connectivity index (χ1) is 9.49. The molecule has 2 aliphatic rings. The molecule has 5 nitrogen and oxygen atoms in total. The van der Waals surface area contributed by atoms with E-state index in [1.54, 1.807) is 18.2 Å². The molecule has 1 aliphatic carbocycles. The second kappa shape index (κ2) is 6.09. The first-order valence-corrected chi connectivity index (χ1v) is 6.95. The molecule has 20 heavy (non-hydrogen) atoms. The van der Waals surface area contributed by atoms with Gasteiger partial charge in [0.15, 0.2) is 0 Å². The van der Waals surface area contributed by atoms with Gasteiger partial charge in [-0.05, 0) is 24.2 Å². The molecule has 0 aromatic heterocycles. The lowest BCUT2D eigenvalue weighted by Crippen LogP contribution is -2.50. The number of hydrogen-bond donors (Lipinski definition) is 1. The highest BCUT2D eigenvalue weighted by molar-refractivity contribution is 7.80. The Bertz CT molecular complexity index is 535. The topological polar surface area (TPSA) is 61.8 Å². The Balaban J connectivity index is 2.05. The number of nitrogens with zero attached hydrogens (tertiary/aromatic N) is 2. The summed E-state index contributed by atoms with van der Waals surface area (Å²) in [4.78, 5) is 29.6. The highest BCUT2D eigenvalue weighted by Gasteiger charge is 2.34. The molecule has 0 spiro atoms. The summed E-state index contributed by atoms with van der Waals surface area (Å²) < 4.78 is 0. The van der Waals surface area contributed by atoms with E-state index in [9.17, 15) is 9.59 Å². The van der Waals surface area contributed by atoms with E-state index in [2.05, 4.69) is 10.3 Å². The van der Waals surface area contributed by atoms with Crippen molar-refractivity contribution in [1.82, 2.24) is 10.2 Å². The maximum Gasteiger partial charge on any atom is 0.242 e. The summed E-state index contributed by atoms with van der Waals surface area (Å²) in [6.07, 6.45) is 7.15. The summed E-state index contributed by atoms with van der Waals surface area (Å²) in [5, 5.41) is 2.92. The van der Waals surface area contributed by atoms with Crippen molar-refractivity contribution in [2.45, 2.75) is 13.8 Å². The second-order valence-corrected chi connectivity index (χ2v) is 5.53. The summed E-state index contributed by atoms with van der Waals surface area (Å²) in [6.45, 7) is 4.52. The van der Waals surface area contributed by atoms with Gasteiger partial charge in [0.25, 0.3) is 0 Å². The van der Waals surface area contributed by atoms with E-state index < -0.39 is 5.92 Å². The number of fused-ring (bicyclic) bond motifs is 1. The number of carbonyl (C=O) groups excluding carboxylic acids is 2. The van der Waals surface area contributed by atoms with Crippen LogP contribution in [0.1, 0.15) is 13.8 Å². The van der Waals surface area contributed by atoms with Crippen LogP contribution in [0.15, 0.2) is 29.3 Å². The molecule has 1 atom stereocenters. The van der Waals surface area contributed by atoms with Crippen molar-refractivity contribution in [3.63, 3.8) is 0 Å². The van der Waals surface area contributed by atoms with Crippen LogP contribution in [0.4, 0.5) is 0 Å². The van der Waals surface area contributed by atoms with E-state index in [0.717, 1.165) is 0 Å². The predicted octanol–water partition coefficient (Wildman–Crippen LogP) is 1.07. The lowest BCUT2D eigenvalue weighted by Gasteiger charge is -2.29. The lowest BCUT2D eigenvalue weighted by atomic mass is 9.95. The Labute approximate surface area is 123 Å².